The van der Waals surface area contributed by atoms with Gasteiger partial charge in [0.05, 0.1) is 33.5 Å². The second-order valence-electron chi connectivity index (χ2n) is 5.17. The number of nitrogens with one attached hydrogen (secondary N) is 1. The fraction of sp³-hybridized carbons (Fsp3) is 0.200. The fourth-order valence-corrected chi connectivity index (χ4v) is 3.41. The minimum atomic E-state index is -0.512. The molecule has 0 unspecified atom stereocenters. The standard InChI is InChI=1S/C15H9BrClNO4/c16-7-2-1-6(3-8(7)17)11-12-9(4-21-14(12)19)18-10-5-22-15(20)13(10)11/h1-3,11,18H,4-5H2. The summed E-state index contributed by atoms with van der Waals surface area (Å²) in [6.45, 7) is 0.361. The minimum Gasteiger partial charge on any atom is -0.456 e. The van der Waals surface area contributed by atoms with Gasteiger partial charge in [0.1, 0.15) is 13.2 Å². The Kier molecular flexibility index (Phi) is 3.06. The van der Waals surface area contributed by atoms with Crippen molar-refractivity contribution in [2.24, 2.45) is 0 Å². The smallest absolute Gasteiger partial charge is 0.337 e. The molecule has 0 saturated carbocycles. The molecule has 0 saturated heterocycles. The number of benzene rings is 1. The molecule has 0 bridgehead atoms. The van der Waals surface area contributed by atoms with E-state index >= 15 is 0 Å². The van der Waals surface area contributed by atoms with Crippen LogP contribution in [0.4, 0.5) is 0 Å². The molecule has 1 aromatic rings. The Morgan fingerprint density at radius 3 is 2.23 bits per heavy atom. The molecule has 22 heavy (non-hydrogen) atoms. The molecular weight excluding hydrogens is 374 g/mol. The summed E-state index contributed by atoms with van der Waals surface area (Å²) in [7, 11) is 0. The van der Waals surface area contributed by atoms with Crippen LogP contribution in [0.2, 0.25) is 5.02 Å². The van der Waals surface area contributed by atoms with E-state index in [0.717, 1.165) is 10.0 Å². The molecule has 1 aromatic carbocycles. The highest BCUT2D eigenvalue weighted by Gasteiger charge is 2.45. The van der Waals surface area contributed by atoms with E-state index in [4.69, 9.17) is 21.1 Å². The third kappa shape index (κ3) is 1.90. The van der Waals surface area contributed by atoms with Crippen LogP contribution in [-0.2, 0) is 19.1 Å². The van der Waals surface area contributed by atoms with Crippen molar-refractivity contribution in [3.05, 3.63) is 55.8 Å². The molecule has 5 nitrogen and oxygen atoms in total. The first-order chi connectivity index (χ1) is 10.6. The van der Waals surface area contributed by atoms with Gasteiger partial charge in [0, 0.05) is 4.47 Å². The maximum Gasteiger partial charge on any atom is 0.337 e. The van der Waals surface area contributed by atoms with E-state index in [1.54, 1.807) is 12.1 Å². The maximum atomic E-state index is 12.1. The summed E-state index contributed by atoms with van der Waals surface area (Å²) in [6, 6.07) is 5.37. The van der Waals surface area contributed by atoms with Crippen LogP contribution in [0.1, 0.15) is 11.5 Å². The highest BCUT2D eigenvalue weighted by Crippen LogP contribution is 2.44. The number of ether oxygens (including phenoxy) is 2. The summed E-state index contributed by atoms with van der Waals surface area (Å²) in [5, 5.41) is 3.60. The Morgan fingerprint density at radius 1 is 1.09 bits per heavy atom. The number of hydrogen-bond donors (Lipinski definition) is 1. The number of cyclic esters (lactones) is 2. The summed E-state index contributed by atoms with van der Waals surface area (Å²) >= 11 is 9.50. The van der Waals surface area contributed by atoms with Gasteiger partial charge in [-0.3, -0.25) is 0 Å². The fourth-order valence-electron chi connectivity index (χ4n) is 2.98. The average Bonchev–Trinajstić information content (AvgIpc) is 3.05. The Morgan fingerprint density at radius 2 is 1.68 bits per heavy atom. The lowest BCUT2D eigenvalue weighted by Crippen LogP contribution is -2.27. The molecular formula is C15H9BrClNO4. The van der Waals surface area contributed by atoms with Crippen molar-refractivity contribution in [2.45, 2.75) is 5.92 Å². The summed E-state index contributed by atoms with van der Waals surface area (Å²) < 4.78 is 11.0. The zero-order valence-electron chi connectivity index (χ0n) is 11.1. The normalized spacial score (nSPS) is 20.6. The van der Waals surface area contributed by atoms with Crippen LogP contribution >= 0.6 is 27.5 Å². The molecule has 0 amide bonds. The van der Waals surface area contributed by atoms with Crippen LogP contribution in [0.3, 0.4) is 0 Å². The van der Waals surface area contributed by atoms with Crippen LogP contribution in [0, 0.1) is 0 Å². The summed E-state index contributed by atoms with van der Waals surface area (Å²) in [5.41, 5.74) is 3.04. The molecule has 3 heterocycles. The molecule has 0 radical (unpaired) electrons. The summed E-state index contributed by atoms with van der Waals surface area (Å²) in [5.74, 6) is -1.35. The number of hydrogen-bond acceptors (Lipinski definition) is 5. The molecule has 3 aliphatic rings. The number of dihydropyridines is 1. The minimum absolute atomic E-state index is 0.180. The number of carbonyl (C=O) groups is 2. The molecule has 1 N–H and O–H groups in total. The highest BCUT2D eigenvalue weighted by molar-refractivity contribution is 9.10. The van der Waals surface area contributed by atoms with Crippen molar-refractivity contribution >= 4 is 39.5 Å². The molecule has 0 fully saturated rings. The quantitative estimate of drug-likeness (QED) is 0.756. The van der Waals surface area contributed by atoms with Crippen LogP contribution < -0.4 is 5.32 Å². The summed E-state index contributed by atoms with van der Waals surface area (Å²) in [6.07, 6.45) is 0. The molecule has 3 aliphatic heterocycles. The van der Waals surface area contributed by atoms with Gasteiger partial charge in [-0.2, -0.15) is 0 Å². The first kappa shape index (κ1) is 13.8. The van der Waals surface area contributed by atoms with Crippen molar-refractivity contribution in [2.75, 3.05) is 13.2 Å². The van der Waals surface area contributed by atoms with Crippen molar-refractivity contribution in [1.29, 1.82) is 0 Å². The largest absolute Gasteiger partial charge is 0.456 e. The van der Waals surface area contributed by atoms with E-state index in [2.05, 4.69) is 21.2 Å². The van der Waals surface area contributed by atoms with Crippen LogP contribution in [0.25, 0.3) is 0 Å². The molecule has 4 rings (SSSR count). The average molecular weight is 383 g/mol. The molecule has 7 heteroatoms. The second-order valence-corrected chi connectivity index (χ2v) is 6.43. The third-order valence-corrected chi connectivity index (χ3v) is 5.17. The molecule has 0 aliphatic carbocycles. The van der Waals surface area contributed by atoms with Gasteiger partial charge in [0.25, 0.3) is 0 Å². The van der Waals surface area contributed by atoms with E-state index in [9.17, 15) is 9.59 Å². The van der Waals surface area contributed by atoms with Gasteiger partial charge in [-0.15, -0.1) is 0 Å². The SMILES string of the molecule is O=C1OCC2=C1C(c1ccc(Br)c(Cl)c1)C1=C(COC1=O)N2. The van der Waals surface area contributed by atoms with E-state index < -0.39 is 17.9 Å². The Bertz CT molecular complexity index is 759. The van der Waals surface area contributed by atoms with Gasteiger partial charge in [-0.1, -0.05) is 17.7 Å². The monoisotopic (exact) mass is 381 g/mol. The zero-order valence-corrected chi connectivity index (χ0v) is 13.5. The van der Waals surface area contributed by atoms with Gasteiger partial charge in [0.15, 0.2) is 0 Å². The van der Waals surface area contributed by atoms with E-state index in [1.165, 1.54) is 0 Å². The number of rotatable bonds is 1. The lowest BCUT2D eigenvalue weighted by molar-refractivity contribution is -0.136. The van der Waals surface area contributed by atoms with Gasteiger partial charge in [0.2, 0.25) is 0 Å². The molecule has 0 spiro atoms. The van der Waals surface area contributed by atoms with Crippen molar-refractivity contribution in [3.63, 3.8) is 0 Å². The maximum absolute atomic E-state index is 12.1. The van der Waals surface area contributed by atoms with Crippen molar-refractivity contribution in [1.82, 2.24) is 5.32 Å². The van der Waals surface area contributed by atoms with Crippen LogP contribution in [-0.4, -0.2) is 25.2 Å². The molecule has 0 atom stereocenters. The zero-order chi connectivity index (χ0) is 15.4. The Labute approximate surface area is 139 Å². The Balaban J connectivity index is 1.91. The topological polar surface area (TPSA) is 64.6 Å². The van der Waals surface area contributed by atoms with Gasteiger partial charge < -0.3 is 14.8 Å². The first-order valence-corrected chi connectivity index (χ1v) is 7.75. The van der Waals surface area contributed by atoms with E-state index in [0.29, 0.717) is 27.6 Å². The number of halogens is 2. The summed E-state index contributed by atoms with van der Waals surface area (Å²) in [4.78, 5) is 24.2. The van der Waals surface area contributed by atoms with Gasteiger partial charge in [-0.25, -0.2) is 9.59 Å². The number of carbonyl (C=O) groups excluding carboxylic acids is 2. The van der Waals surface area contributed by atoms with E-state index in [-0.39, 0.29) is 13.2 Å². The van der Waals surface area contributed by atoms with Gasteiger partial charge in [-0.05, 0) is 33.6 Å². The Hall–Kier alpha value is -1.79. The lowest BCUT2D eigenvalue weighted by atomic mass is 9.81. The first-order valence-electron chi connectivity index (χ1n) is 6.58. The third-order valence-electron chi connectivity index (χ3n) is 3.94. The predicted molar refractivity (Wildman–Crippen MR) is 81.0 cm³/mol. The second kappa shape index (κ2) is 4.86. The predicted octanol–water partition coefficient (Wildman–Crippen LogP) is 2.41. The van der Waals surface area contributed by atoms with Gasteiger partial charge >= 0.3 is 11.9 Å². The van der Waals surface area contributed by atoms with E-state index in [1.807, 2.05) is 6.07 Å². The van der Waals surface area contributed by atoms with Crippen molar-refractivity contribution < 1.29 is 19.1 Å². The van der Waals surface area contributed by atoms with Crippen molar-refractivity contribution in [3.8, 4) is 0 Å². The number of esters is 2. The van der Waals surface area contributed by atoms with Crippen LogP contribution in [0.5, 0.6) is 0 Å². The molecule has 0 aromatic heterocycles. The lowest BCUT2D eigenvalue weighted by Gasteiger charge is -2.24. The molecule has 112 valence electrons. The highest BCUT2D eigenvalue weighted by atomic mass is 79.9. The van der Waals surface area contributed by atoms with Crippen LogP contribution in [0.15, 0.2) is 45.2 Å².